The van der Waals surface area contributed by atoms with Gasteiger partial charge in [0.25, 0.3) is 0 Å². The Hall–Kier alpha value is -13.7. The molecule has 2 heterocycles. The van der Waals surface area contributed by atoms with Gasteiger partial charge in [0.05, 0.1) is 51.4 Å². The standard InChI is InChI=1S/C48H60O10.C35H44O10.C28H36O10/c1-31(17-13-19-33(3)21-23-37-35(5)45(55)39(29-47(37,7)8)57-43(53)27-25-41(49)50)15-11-12-16-32(2)18-14-20-34(4)22-24-38-36(6)46(56)40(30-48(38,9)10)58-44(54)28-26-42(51)52;1-21(2)11-8-9-12-22(3)13-10-14-23(4)15-16-25-24(5)30(39)27(19-35(25,6)7)44-29(38)18-17-28(37)43-20-26(36)33-31(40)32(41)34(42)45-33;1-6-7-8-9-16(2)10-11-18-17(3)23(32)20(14-28(18,4)5)37-22(31)13-12-21(30)36-15-19(29)26-24(33)25(34)27(35)38-26/h11-24,39-40H,25-30H2,1-10H3,(H,49,50)(H,51,52);8-16,26-27,33,36,40-41H,17-20H2,1-7H3;7-11,19-20,26,29,33-34H,6,12-15H2,1-5H3/b12-11+,17-13+,18-14+,23-21+,24-22+,31-15+,32-16+,33-19+,34-20+;9-8+,13-10+,16-15+,22-12+,23-14+;8-7+,11-10+,16-9+/t;26-,27?,33+;19-,20?,26+/m.00/s1. The van der Waals surface area contributed by atoms with E-state index in [4.69, 9.17) is 38.6 Å². The number of carboxylic acids is 2. The maximum atomic E-state index is 13.1. The van der Waals surface area contributed by atoms with E-state index in [0.29, 0.717) is 35.1 Å². The third kappa shape index (κ3) is 39.8. The molecule has 6 rings (SSSR count). The minimum atomic E-state index is -1.63. The van der Waals surface area contributed by atoms with Crippen LogP contribution in [0.2, 0.25) is 0 Å². The molecule has 4 unspecified atom stereocenters. The van der Waals surface area contributed by atoms with Crippen LogP contribution in [0.4, 0.5) is 0 Å². The van der Waals surface area contributed by atoms with Gasteiger partial charge in [-0.05, 0) is 163 Å². The molecule has 8 N–H and O–H groups in total. The van der Waals surface area contributed by atoms with Crippen LogP contribution in [0.1, 0.15) is 236 Å². The number of hydrogen-bond acceptors (Lipinski definition) is 28. The number of cyclic esters (lactones) is 2. The number of hydrogen-bond donors (Lipinski definition) is 8. The number of carboxylic acid groups (broad SMARTS) is 2. The van der Waals surface area contributed by atoms with Gasteiger partial charge >= 0.3 is 59.7 Å². The number of esters is 8. The summed E-state index contributed by atoms with van der Waals surface area (Å²) in [5.74, 6) is -14.1. The molecule has 0 aromatic heterocycles. The zero-order chi connectivity index (χ0) is 106. The molecule has 0 fully saturated rings. The van der Waals surface area contributed by atoms with Gasteiger partial charge in [-0.15, -0.1) is 0 Å². The second kappa shape index (κ2) is 56.5. The van der Waals surface area contributed by atoms with Crippen molar-refractivity contribution in [3.8, 4) is 0 Å². The number of ether oxygens (including phenoxy) is 8. The van der Waals surface area contributed by atoms with Crippen LogP contribution in [-0.2, 0) is 105 Å². The number of aliphatic hydroxyl groups excluding tert-OH is 6. The van der Waals surface area contributed by atoms with Gasteiger partial charge in [-0.25, -0.2) is 9.59 Å². The highest BCUT2D eigenvalue weighted by atomic mass is 16.6. The van der Waals surface area contributed by atoms with Gasteiger partial charge in [-0.1, -0.05) is 277 Å². The van der Waals surface area contributed by atoms with Crippen LogP contribution in [0.5, 0.6) is 0 Å². The number of aliphatic carboxylic acids is 2. The zero-order valence-corrected chi connectivity index (χ0v) is 85.0. The Labute approximate surface area is 826 Å². The van der Waals surface area contributed by atoms with Gasteiger partial charge in [-0.2, -0.15) is 0 Å². The molecule has 0 bridgehead atoms. The Bertz CT molecular complexity index is 5370. The maximum absolute atomic E-state index is 13.1. The van der Waals surface area contributed by atoms with Crippen LogP contribution >= 0.6 is 0 Å². The highest BCUT2D eigenvalue weighted by Gasteiger charge is 2.46. The van der Waals surface area contributed by atoms with E-state index in [1.165, 1.54) is 5.57 Å². The molecular formula is C111H140O30. The van der Waals surface area contributed by atoms with E-state index >= 15 is 0 Å². The van der Waals surface area contributed by atoms with E-state index in [0.717, 1.165) is 67.7 Å². The van der Waals surface area contributed by atoms with E-state index in [1.807, 2.05) is 288 Å². The topological polar surface area (TPSA) is 475 Å². The van der Waals surface area contributed by atoms with E-state index in [-0.39, 0.29) is 80.9 Å². The molecule has 0 amide bonds. The fourth-order valence-corrected chi connectivity index (χ4v) is 15.3. The lowest BCUT2D eigenvalue weighted by Gasteiger charge is -2.36. The van der Waals surface area contributed by atoms with Gasteiger partial charge in [0, 0.05) is 25.7 Å². The molecule has 0 saturated carbocycles. The summed E-state index contributed by atoms with van der Waals surface area (Å²) in [4.78, 5) is 169. The Balaban J connectivity index is 0.000000452. The first-order valence-electron chi connectivity index (χ1n) is 46.5. The van der Waals surface area contributed by atoms with Gasteiger partial charge in [0.15, 0.2) is 71.3 Å². The highest BCUT2D eigenvalue weighted by Crippen LogP contribution is 2.45. The molecule has 0 spiro atoms. The summed E-state index contributed by atoms with van der Waals surface area (Å²) in [7, 11) is 0. The monoisotopic (exact) mass is 1950 g/mol. The fourth-order valence-electron chi connectivity index (χ4n) is 15.3. The molecule has 764 valence electrons. The number of aliphatic hydroxyl groups is 6. The lowest BCUT2D eigenvalue weighted by Crippen LogP contribution is -2.39. The van der Waals surface area contributed by atoms with Gasteiger partial charge in [-0.3, -0.25) is 57.5 Å². The Morgan fingerprint density at radius 3 is 0.801 bits per heavy atom. The van der Waals surface area contributed by atoms with Crippen molar-refractivity contribution in [3.05, 3.63) is 282 Å². The summed E-state index contributed by atoms with van der Waals surface area (Å²) < 4.78 is 40.4. The lowest BCUT2D eigenvalue weighted by molar-refractivity contribution is -0.160. The minimum Gasteiger partial charge on any atom is -0.505 e. The molecule has 2 aliphatic heterocycles. The maximum Gasteiger partial charge on any atom is 0.377 e. The first-order valence-corrected chi connectivity index (χ1v) is 46.5. The quantitative estimate of drug-likeness (QED) is 0.0160. The van der Waals surface area contributed by atoms with Crippen molar-refractivity contribution in [1.29, 1.82) is 0 Å². The highest BCUT2D eigenvalue weighted by molar-refractivity contribution is 6.04. The number of ketones is 4. The van der Waals surface area contributed by atoms with Crippen LogP contribution < -0.4 is 0 Å². The van der Waals surface area contributed by atoms with Crippen molar-refractivity contribution in [2.75, 3.05) is 13.2 Å². The lowest BCUT2D eigenvalue weighted by atomic mass is 9.71. The average Bonchev–Trinajstić information content (AvgIpc) is 1.74. The van der Waals surface area contributed by atoms with Gasteiger partial charge in [0.1, 0.15) is 25.4 Å². The Morgan fingerprint density at radius 1 is 0.340 bits per heavy atom. The summed E-state index contributed by atoms with van der Waals surface area (Å²) in [5, 5.41) is 75.3. The number of carbonyl (C=O) groups is 14. The third-order valence-corrected chi connectivity index (χ3v) is 23.3. The number of carbonyl (C=O) groups excluding carboxylic acids is 12. The summed E-state index contributed by atoms with van der Waals surface area (Å²) in [6, 6.07) is 0. The van der Waals surface area contributed by atoms with Crippen LogP contribution in [0.3, 0.4) is 0 Å². The van der Waals surface area contributed by atoms with Crippen molar-refractivity contribution in [3.63, 3.8) is 0 Å². The molecule has 141 heavy (non-hydrogen) atoms. The van der Waals surface area contributed by atoms with Crippen molar-refractivity contribution in [1.82, 2.24) is 0 Å². The van der Waals surface area contributed by atoms with Crippen molar-refractivity contribution >= 4 is 82.8 Å². The van der Waals surface area contributed by atoms with Crippen LogP contribution in [0, 0.1) is 21.7 Å². The number of Topliss-reactive ketones (excluding diaryl/α,β-unsaturated/α-hetero) is 4. The van der Waals surface area contributed by atoms with Crippen molar-refractivity contribution < 1.29 is 146 Å². The summed E-state index contributed by atoms with van der Waals surface area (Å²) in [6.07, 6.45) is 44.6. The first kappa shape index (κ1) is 120. The molecule has 30 nitrogen and oxygen atoms in total. The normalized spacial score (nSPS) is 21.7. The number of rotatable bonds is 42. The molecule has 8 atom stereocenters. The second-order valence-electron chi connectivity index (χ2n) is 37.9. The molecule has 4 aliphatic carbocycles. The minimum absolute atomic E-state index is 0.263. The summed E-state index contributed by atoms with van der Waals surface area (Å²) >= 11 is 0. The molecule has 0 radical (unpaired) electrons. The molecule has 0 aromatic carbocycles. The van der Waals surface area contributed by atoms with E-state index in [9.17, 15) is 97.8 Å². The van der Waals surface area contributed by atoms with E-state index < -0.39 is 173 Å². The van der Waals surface area contributed by atoms with Gasteiger partial charge in [0.2, 0.25) is 11.5 Å². The van der Waals surface area contributed by atoms with Crippen molar-refractivity contribution in [2.24, 2.45) is 21.7 Å². The molecular weight excluding hydrogens is 1810 g/mol. The van der Waals surface area contributed by atoms with Crippen LogP contribution in [0.15, 0.2) is 282 Å². The van der Waals surface area contributed by atoms with Crippen LogP contribution in [-0.4, -0.2) is 186 Å². The molecule has 6 aliphatic rings. The third-order valence-electron chi connectivity index (χ3n) is 23.3. The van der Waals surface area contributed by atoms with E-state index in [2.05, 4.69) is 16.4 Å². The van der Waals surface area contributed by atoms with Gasteiger partial charge < -0.3 is 78.7 Å². The largest absolute Gasteiger partial charge is 0.505 e. The van der Waals surface area contributed by atoms with E-state index in [1.54, 1.807) is 27.7 Å². The molecule has 0 saturated heterocycles. The SMILES string of the molecule is CC(C)=C/C=C/C=C(C)/C=C/C=C(C)/C=C/C1=C(C)C(=O)C(OC(=O)CCC(=O)OC[C@H](O)[C@H]2OC(=O)C(O)=C2O)CC1(C)C.CC/C=C/C=C(C)/C=C/C1=C(C)C(=O)C(OC(=O)CCC(=O)OC[C@H](O)[C@H]2OC(=O)C(O)=C2O)CC1(C)C.CC1=C(/C=C/C(C)=C/C=C/C(C)=C/C=C/C=C(C)/C=C/C=C(C)/C=C/C2=C(C)C(=O)C(OC(=O)CCC(=O)O)CC2(C)C)C(C)(C)CC(OC(=O)CCC(=O)O)C1=O. The smallest absolute Gasteiger partial charge is 0.377 e. The first-order chi connectivity index (χ1) is 65.8. The molecule has 30 heteroatoms. The second-order valence-corrected chi connectivity index (χ2v) is 37.9. The summed E-state index contributed by atoms with van der Waals surface area (Å²) in [5.41, 5.74) is 12.2. The predicted molar refractivity (Wildman–Crippen MR) is 532 cm³/mol. The predicted octanol–water partition coefficient (Wildman–Crippen LogP) is 19.0. The Morgan fingerprint density at radius 2 is 0.567 bits per heavy atom. The molecule has 0 aromatic rings. The fraction of sp³-hybridized carbons (Fsp3) is 0.441. The summed E-state index contributed by atoms with van der Waals surface area (Å²) in [6.45, 7) is 41.5. The zero-order valence-electron chi connectivity index (χ0n) is 85.0. The Kier molecular flexibility index (Phi) is 47.9. The van der Waals surface area contributed by atoms with Crippen LogP contribution in [0.25, 0.3) is 0 Å². The average molecular weight is 1950 g/mol. The number of allylic oxidation sites excluding steroid dienone is 40. The van der Waals surface area contributed by atoms with Crippen molar-refractivity contribution in [2.45, 2.75) is 285 Å².